The third-order valence-corrected chi connectivity index (χ3v) is 2.13. The van der Waals surface area contributed by atoms with Gasteiger partial charge in [0.15, 0.2) is 0 Å². The molecule has 16 heavy (non-hydrogen) atoms. The van der Waals surface area contributed by atoms with Gasteiger partial charge in [0.2, 0.25) is 0 Å². The maximum Gasteiger partial charge on any atom is 0.411 e. The molecule has 0 radical (unpaired) electrons. The van der Waals surface area contributed by atoms with E-state index < -0.39 is 17.7 Å². The number of hydrogen-bond donors (Lipinski definition) is 1. The number of carbonyl (C=O) groups excluding carboxylic acids is 2. The van der Waals surface area contributed by atoms with Crippen LogP contribution in [0.2, 0.25) is 0 Å². The Balaban J connectivity index is 2.68. The monoisotopic (exact) mass is 227 g/mol. The van der Waals surface area contributed by atoms with Crippen LogP contribution in [0.3, 0.4) is 0 Å². The Hall–Kier alpha value is -1.36. The summed E-state index contributed by atoms with van der Waals surface area (Å²) < 4.78 is 5.17. The average Bonchev–Trinajstić information content (AvgIpc) is 2.58. The molecule has 1 atom stereocenters. The lowest BCUT2D eigenvalue weighted by Crippen LogP contribution is -2.41. The molecule has 1 heterocycles. The summed E-state index contributed by atoms with van der Waals surface area (Å²) in [5.41, 5.74) is -0.0917. The standard InChI is InChI=1S/C11H17NO4/c1-11(2,3)16-10(15)12-5-8(6-13)4-9(12)7-14/h4,6,9,14H,5,7H2,1-3H3. The van der Waals surface area contributed by atoms with Gasteiger partial charge in [0.1, 0.15) is 11.9 Å². The van der Waals surface area contributed by atoms with Crippen molar-refractivity contribution in [1.29, 1.82) is 0 Å². The fourth-order valence-electron chi connectivity index (χ4n) is 1.45. The number of aliphatic hydroxyl groups is 1. The molecule has 0 aromatic rings. The van der Waals surface area contributed by atoms with E-state index in [0.717, 1.165) is 0 Å². The number of nitrogens with zero attached hydrogens (tertiary/aromatic N) is 1. The smallest absolute Gasteiger partial charge is 0.411 e. The first-order chi connectivity index (χ1) is 7.37. The molecule has 90 valence electrons. The minimum atomic E-state index is -0.582. The number of ether oxygens (including phenoxy) is 1. The number of rotatable bonds is 2. The van der Waals surface area contributed by atoms with Gasteiger partial charge in [-0.05, 0) is 20.8 Å². The molecule has 0 aromatic heterocycles. The van der Waals surface area contributed by atoms with Gasteiger partial charge >= 0.3 is 6.09 Å². The topological polar surface area (TPSA) is 66.8 Å². The first-order valence-corrected chi connectivity index (χ1v) is 5.13. The van der Waals surface area contributed by atoms with E-state index in [9.17, 15) is 9.59 Å². The zero-order valence-corrected chi connectivity index (χ0v) is 9.77. The van der Waals surface area contributed by atoms with Crippen LogP contribution < -0.4 is 0 Å². The van der Waals surface area contributed by atoms with Crippen molar-refractivity contribution in [3.8, 4) is 0 Å². The molecule has 1 amide bonds. The van der Waals surface area contributed by atoms with Gasteiger partial charge in [-0.1, -0.05) is 6.08 Å². The zero-order chi connectivity index (χ0) is 12.3. The van der Waals surface area contributed by atoms with Gasteiger partial charge in [0.25, 0.3) is 0 Å². The van der Waals surface area contributed by atoms with Gasteiger partial charge in [0, 0.05) is 5.57 Å². The minimum Gasteiger partial charge on any atom is -0.444 e. The second kappa shape index (κ2) is 4.65. The molecule has 0 bridgehead atoms. The maximum absolute atomic E-state index is 11.7. The molecule has 0 aromatic carbocycles. The highest BCUT2D eigenvalue weighted by atomic mass is 16.6. The van der Waals surface area contributed by atoms with E-state index >= 15 is 0 Å². The largest absolute Gasteiger partial charge is 0.444 e. The highest BCUT2D eigenvalue weighted by Crippen LogP contribution is 2.18. The Labute approximate surface area is 94.7 Å². The van der Waals surface area contributed by atoms with Crippen molar-refractivity contribution in [3.05, 3.63) is 11.6 Å². The predicted octanol–water partition coefficient (Wildman–Crippen LogP) is 0.723. The van der Waals surface area contributed by atoms with Crippen LogP contribution in [-0.4, -0.2) is 47.2 Å². The van der Waals surface area contributed by atoms with Gasteiger partial charge in [-0.15, -0.1) is 0 Å². The van der Waals surface area contributed by atoms with E-state index in [0.29, 0.717) is 11.9 Å². The molecule has 5 heteroatoms. The summed E-state index contributed by atoms with van der Waals surface area (Å²) in [6.45, 7) is 5.29. The summed E-state index contributed by atoms with van der Waals surface area (Å²) in [7, 11) is 0. The van der Waals surface area contributed by atoms with Crippen molar-refractivity contribution in [2.45, 2.75) is 32.4 Å². The molecule has 1 aliphatic rings. The third kappa shape index (κ3) is 3.06. The van der Waals surface area contributed by atoms with Crippen LogP contribution in [0, 0.1) is 0 Å². The normalized spacial score (nSPS) is 20.6. The van der Waals surface area contributed by atoms with Crippen LogP contribution in [0.25, 0.3) is 0 Å². The molecule has 5 nitrogen and oxygen atoms in total. The Morgan fingerprint density at radius 3 is 2.75 bits per heavy atom. The number of amides is 1. The molecular formula is C11H17NO4. The summed E-state index contributed by atoms with van der Waals surface area (Å²) in [4.78, 5) is 23.7. The summed E-state index contributed by atoms with van der Waals surface area (Å²) in [5, 5.41) is 9.09. The van der Waals surface area contributed by atoms with E-state index in [-0.39, 0.29) is 13.2 Å². The van der Waals surface area contributed by atoms with Crippen molar-refractivity contribution in [2.24, 2.45) is 0 Å². The van der Waals surface area contributed by atoms with Crippen molar-refractivity contribution < 1.29 is 19.4 Å². The van der Waals surface area contributed by atoms with Crippen molar-refractivity contribution in [2.75, 3.05) is 13.2 Å². The SMILES string of the molecule is CC(C)(C)OC(=O)N1CC(C=O)=CC1CO. The summed E-state index contributed by atoms with van der Waals surface area (Å²) in [5.74, 6) is 0. The third-order valence-electron chi connectivity index (χ3n) is 2.13. The lowest BCUT2D eigenvalue weighted by molar-refractivity contribution is -0.105. The molecule has 0 saturated heterocycles. The van der Waals surface area contributed by atoms with Gasteiger partial charge in [0.05, 0.1) is 19.2 Å². The lowest BCUT2D eigenvalue weighted by Gasteiger charge is -2.27. The Kier molecular flexibility index (Phi) is 3.70. The Morgan fingerprint density at radius 1 is 1.69 bits per heavy atom. The summed E-state index contributed by atoms with van der Waals surface area (Å²) in [6.07, 6.45) is 1.75. The predicted molar refractivity (Wildman–Crippen MR) is 58.0 cm³/mol. The second-order valence-corrected chi connectivity index (χ2v) is 4.72. The highest BCUT2D eigenvalue weighted by molar-refractivity contribution is 5.79. The molecule has 0 saturated carbocycles. The zero-order valence-electron chi connectivity index (χ0n) is 9.77. The van der Waals surface area contributed by atoms with E-state index in [1.54, 1.807) is 26.8 Å². The van der Waals surface area contributed by atoms with E-state index in [1.807, 2.05) is 0 Å². The summed E-state index contributed by atoms with van der Waals surface area (Å²) in [6, 6.07) is -0.463. The second-order valence-electron chi connectivity index (χ2n) is 4.72. The molecular weight excluding hydrogens is 210 g/mol. The molecule has 1 aliphatic heterocycles. The van der Waals surface area contributed by atoms with Crippen molar-refractivity contribution in [1.82, 2.24) is 4.90 Å². The Bertz CT molecular complexity index is 316. The molecule has 1 rings (SSSR count). The first kappa shape index (κ1) is 12.7. The average molecular weight is 227 g/mol. The van der Waals surface area contributed by atoms with Crippen LogP contribution in [0.1, 0.15) is 20.8 Å². The van der Waals surface area contributed by atoms with Crippen LogP contribution >= 0.6 is 0 Å². The first-order valence-electron chi connectivity index (χ1n) is 5.13. The van der Waals surface area contributed by atoms with Crippen LogP contribution in [0.15, 0.2) is 11.6 Å². The molecule has 0 fully saturated rings. The van der Waals surface area contributed by atoms with Crippen LogP contribution in [-0.2, 0) is 9.53 Å². The van der Waals surface area contributed by atoms with Gasteiger partial charge in [-0.3, -0.25) is 9.69 Å². The summed E-state index contributed by atoms with van der Waals surface area (Å²) >= 11 is 0. The molecule has 0 aliphatic carbocycles. The van der Waals surface area contributed by atoms with Gasteiger partial charge in [-0.25, -0.2) is 4.79 Å². The quantitative estimate of drug-likeness (QED) is 0.706. The van der Waals surface area contributed by atoms with E-state index in [2.05, 4.69) is 0 Å². The molecule has 1 N–H and O–H groups in total. The molecule has 0 spiro atoms. The fraction of sp³-hybridized carbons (Fsp3) is 0.636. The van der Waals surface area contributed by atoms with Crippen molar-refractivity contribution >= 4 is 12.4 Å². The number of hydrogen-bond acceptors (Lipinski definition) is 4. The van der Waals surface area contributed by atoms with Gasteiger partial charge < -0.3 is 9.84 Å². The highest BCUT2D eigenvalue weighted by Gasteiger charge is 2.31. The fourth-order valence-corrected chi connectivity index (χ4v) is 1.45. The number of aliphatic hydroxyl groups excluding tert-OH is 1. The molecule has 1 unspecified atom stereocenters. The van der Waals surface area contributed by atoms with Crippen LogP contribution in [0.4, 0.5) is 4.79 Å². The maximum atomic E-state index is 11.7. The van der Waals surface area contributed by atoms with Crippen LogP contribution in [0.5, 0.6) is 0 Å². The van der Waals surface area contributed by atoms with Gasteiger partial charge in [-0.2, -0.15) is 0 Å². The number of aldehydes is 1. The minimum absolute atomic E-state index is 0.198. The Morgan fingerprint density at radius 2 is 2.31 bits per heavy atom. The van der Waals surface area contributed by atoms with Crippen molar-refractivity contribution in [3.63, 3.8) is 0 Å². The number of carbonyl (C=O) groups is 2. The van der Waals surface area contributed by atoms with E-state index in [1.165, 1.54) is 4.90 Å². The lowest BCUT2D eigenvalue weighted by atomic mass is 10.2. The van der Waals surface area contributed by atoms with E-state index in [4.69, 9.17) is 9.84 Å².